The molecule has 4 aromatic heterocycles. The number of nitrogens with zero attached hydrogens (tertiary/aromatic N) is 10. The summed E-state index contributed by atoms with van der Waals surface area (Å²) < 4.78 is 26.0. The van der Waals surface area contributed by atoms with E-state index in [4.69, 9.17) is 28.9 Å². The Hall–Kier alpha value is -8.20. The predicted octanol–water partition coefficient (Wildman–Crippen LogP) is 9.13. The number of aryl methyl sites for hydroxylation is 4. The van der Waals surface area contributed by atoms with Crippen molar-refractivity contribution in [2.45, 2.75) is 109 Å². The first kappa shape index (κ1) is 58.6. The third-order valence-electron chi connectivity index (χ3n) is 17.1. The lowest BCUT2D eigenvalue weighted by molar-refractivity contribution is -0.125. The molecule has 2 aliphatic heterocycles. The lowest BCUT2D eigenvalue weighted by Gasteiger charge is -2.39. The van der Waals surface area contributed by atoms with Gasteiger partial charge in [-0.2, -0.15) is 0 Å². The average molecular weight is 1160 g/mol. The summed E-state index contributed by atoms with van der Waals surface area (Å²) in [7, 11) is 5.37. The fourth-order valence-electron chi connectivity index (χ4n) is 11.9. The topological polar surface area (TPSA) is 204 Å². The summed E-state index contributed by atoms with van der Waals surface area (Å²) in [6.45, 7) is 16.8. The molecule has 20 nitrogen and oxygen atoms in total. The summed E-state index contributed by atoms with van der Waals surface area (Å²) in [5.74, 6) is -0.217. The third-order valence-corrected chi connectivity index (χ3v) is 17.1. The summed E-state index contributed by atoms with van der Waals surface area (Å²) in [6.07, 6.45) is 17.5. The molecule has 4 fully saturated rings. The number of benzene rings is 2. The van der Waals surface area contributed by atoms with Crippen LogP contribution in [0.1, 0.15) is 145 Å². The molecule has 2 aromatic carbocycles. The van der Waals surface area contributed by atoms with Gasteiger partial charge in [0.1, 0.15) is 17.8 Å². The van der Waals surface area contributed by atoms with Gasteiger partial charge in [-0.3, -0.25) is 24.6 Å². The number of amides is 4. The van der Waals surface area contributed by atoms with E-state index in [0.29, 0.717) is 52.4 Å². The molecule has 12 rings (SSSR count). The van der Waals surface area contributed by atoms with Crippen LogP contribution in [0.15, 0.2) is 98.1 Å². The SMILES string of the molecule is COCC(=O)N[C@H](C1=Cc2cccnc2[C@@H](N2CCN(C(=O)OC(C)C)CC2)c2ccc(C)cc21)c1cncn1C.Cc1ccc2c(c1)C([C@@H](NC(=O)OC1(C)CC1)c1cncn1C)=Cc1cccnc1[C@H]2N1CCN(C(=O)OC2(C)CC2)CC1. The molecule has 20 heteroatoms. The molecule has 6 heterocycles. The second kappa shape index (κ2) is 24.4. The van der Waals surface area contributed by atoms with Crippen molar-refractivity contribution in [1.82, 2.24) is 59.3 Å². The van der Waals surface area contributed by atoms with E-state index in [1.165, 1.54) is 7.11 Å². The lowest BCUT2D eigenvalue weighted by Crippen LogP contribution is -2.50. The quantitative estimate of drug-likeness (QED) is 0.104. The Morgan fingerprint density at radius 1 is 0.624 bits per heavy atom. The molecule has 0 radical (unpaired) electrons. The number of imidazole rings is 2. The maximum atomic E-state index is 13.3. The summed E-state index contributed by atoms with van der Waals surface area (Å²) in [6, 6.07) is 19.8. The molecule has 0 bridgehead atoms. The highest BCUT2D eigenvalue weighted by molar-refractivity contribution is 5.92. The van der Waals surface area contributed by atoms with Crippen LogP contribution in [-0.2, 0) is 37.8 Å². The molecule has 2 saturated heterocycles. The van der Waals surface area contributed by atoms with E-state index in [1.807, 2.05) is 80.4 Å². The number of carbonyl (C=O) groups excluding carboxylic acids is 4. The molecular formula is C65H78N12O8. The van der Waals surface area contributed by atoms with Gasteiger partial charge in [0.2, 0.25) is 5.91 Å². The van der Waals surface area contributed by atoms with Gasteiger partial charge in [0.15, 0.2) is 0 Å². The van der Waals surface area contributed by atoms with Gasteiger partial charge in [-0.1, -0.05) is 59.7 Å². The molecule has 0 spiro atoms. The maximum Gasteiger partial charge on any atom is 0.410 e. The van der Waals surface area contributed by atoms with Crippen molar-refractivity contribution < 1.29 is 38.1 Å². The van der Waals surface area contributed by atoms with Crippen LogP contribution in [0.2, 0.25) is 0 Å². The molecule has 4 aliphatic carbocycles. The number of rotatable bonds is 13. The number of piperazine rings is 2. The van der Waals surface area contributed by atoms with Crippen LogP contribution in [0.3, 0.4) is 0 Å². The van der Waals surface area contributed by atoms with Crippen molar-refractivity contribution in [3.8, 4) is 0 Å². The monoisotopic (exact) mass is 1150 g/mol. The minimum absolute atomic E-state index is 0.0490. The van der Waals surface area contributed by atoms with Gasteiger partial charge >= 0.3 is 18.3 Å². The minimum Gasteiger partial charge on any atom is -0.447 e. The zero-order chi connectivity index (χ0) is 59.7. The first-order valence-corrected chi connectivity index (χ1v) is 29.5. The van der Waals surface area contributed by atoms with Gasteiger partial charge in [-0.15, -0.1) is 0 Å². The maximum absolute atomic E-state index is 13.3. The summed E-state index contributed by atoms with van der Waals surface area (Å²) in [5, 5.41) is 6.39. The van der Waals surface area contributed by atoms with Crippen LogP contribution in [-0.4, -0.2) is 156 Å². The largest absolute Gasteiger partial charge is 0.447 e. The molecule has 0 unspecified atom stereocenters. The van der Waals surface area contributed by atoms with Gasteiger partial charge in [0.25, 0.3) is 0 Å². The van der Waals surface area contributed by atoms with Crippen molar-refractivity contribution >= 4 is 47.5 Å². The number of nitrogens with one attached hydrogen (secondary N) is 2. The van der Waals surface area contributed by atoms with E-state index in [1.54, 1.807) is 29.9 Å². The summed E-state index contributed by atoms with van der Waals surface area (Å²) in [5.41, 5.74) is 13.3. The minimum atomic E-state index is -0.514. The predicted molar refractivity (Wildman–Crippen MR) is 321 cm³/mol. The van der Waals surface area contributed by atoms with Crippen LogP contribution in [0.5, 0.6) is 0 Å². The molecular weight excluding hydrogens is 1080 g/mol. The fraction of sp³-hybridized carbons (Fsp3) is 0.446. The molecule has 6 aliphatic rings. The number of carbonyl (C=O) groups is 4. The zero-order valence-electron chi connectivity index (χ0n) is 50.2. The van der Waals surface area contributed by atoms with Gasteiger partial charge in [-0.25, -0.2) is 24.4 Å². The number of pyridine rings is 2. The fourth-order valence-corrected chi connectivity index (χ4v) is 11.9. The smallest absolute Gasteiger partial charge is 0.410 e. The Morgan fingerprint density at radius 3 is 1.52 bits per heavy atom. The number of hydrogen-bond acceptors (Lipinski definition) is 14. The Balaban J connectivity index is 0.000000178. The average Bonchev–Trinajstić information content (AvgIpc) is 2.44. The van der Waals surface area contributed by atoms with Crippen molar-refractivity contribution in [2.24, 2.45) is 14.1 Å². The summed E-state index contributed by atoms with van der Waals surface area (Å²) >= 11 is 0. The molecule has 85 heavy (non-hydrogen) atoms. The third kappa shape index (κ3) is 12.9. The van der Waals surface area contributed by atoms with Crippen molar-refractivity contribution in [3.05, 3.63) is 165 Å². The Kier molecular flexibility index (Phi) is 16.8. The van der Waals surface area contributed by atoms with Gasteiger partial charge < -0.3 is 48.5 Å². The number of methoxy groups -OCH3 is 1. The number of ether oxygens (including phenoxy) is 4. The molecule has 446 valence electrons. The van der Waals surface area contributed by atoms with E-state index < -0.39 is 23.8 Å². The highest BCUT2D eigenvalue weighted by Gasteiger charge is 2.45. The highest BCUT2D eigenvalue weighted by Crippen LogP contribution is 2.47. The lowest BCUT2D eigenvalue weighted by atomic mass is 9.88. The molecule has 2 saturated carbocycles. The number of fused-ring (bicyclic) bond motifs is 4. The van der Waals surface area contributed by atoms with E-state index in [9.17, 15) is 19.2 Å². The zero-order valence-corrected chi connectivity index (χ0v) is 50.2. The van der Waals surface area contributed by atoms with E-state index in [-0.39, 0.29) is 48.5 Å². The van der Waals surface area contributed by atoms with Crippen molar-refractivity contribution in [2.75, 3.05) is 66.1 Å². The second-order valence-electron chi connectivity index (χ2n) is 24.1. The van der Waals surface area contributed by atoms with Crippen LogP contribution >= 0.6 is 0 Å². The first-order chi connectivity index (χ1) is 40.9. The standard InChI is InChI=1S/C34H40N6O4.C31H38N6O4/c1-22-7-8-24-25(18-22)26(29(27-20-35-21-38(27)4)37-31(41)43-33(2)9-10-33)19-23-6-5-13-36-28(23)30(24)39-14-16-40(17-15-39)32(42)44-34(3)11-12-34;1-20(2)41-31(39)37-13-11-36(12-14-37)30-23-9-8-21(3)15-24(23)25(16-22-7-6-10-33-28(22)30)29(34-27(38)18-40-5)26-17-32-19-35(26)4/h5-8,13,18-21,29-30H,9-12,14-17H2,1-4H3,(H,37,41);6-10,15-17,19-20,29-30H,11-14,18H2,1-5H3,(H,34,38)/t2*29-,30+/m11/s1. The summed E-state index contributed by atoms with van der Waals surface area (Å²) in [4.78, 5) is 78.7. The number of alkyl carbamates (subject to hydrolysis) is 1. The number of hydrogen-bond donors (Lipinski definition) is 2. The molecule has 6 aromatic rings. The first-order valence-electron chi connectivity index (χ1n) is 29.5. The Labute approximate surface area is 497 Å². The van der Waals surface area contributed by atoms with Gasteiger partial charge in [-0.05, 0) is 136 Å². The van der Waals surface area contributed by atoms with Crippen LogP contribution < -0.4 is 10.6 Å². The van der Waals surface area contributed by atoms with Crippen LogP contribution in [0.4, 0.5) is 14.4 Å². The van der Waals surface area contributed by atoms with Crippen LogP contribution in [0, 0.1) is 13.8 Å². The van der Waals surface area contributed by atoms with Crippen molar-refractivity contribution in [3.63, 3.8) is 0 Å². The Bertz CT molecular complexity index is 3530. The normalized spacial score (nSPS) is 20.0. The van der Waals surface area contributed by atoms with E-state index in [2.05, 4.69) is 105 Å². The molecule has 4 amide bonds. The van der Waals surface area contributed by atoms with Crippen molar-refractivity contribution in [1.29, 1.82) is 0 Å². The van der Waals surface area contributed by atoms with E-state index in [0.717, 1.165) is 104 Å². The Morgan fingerprint density at radius 2 is 1.08 bits per heavy atom. The van der Waals surface area contributed by atoms with Gasteiger partial charge in [0.05, 0.1) is 78.1 Å². The molecule has 2 N–H and O–H groups in total. The second-order valence-corrected chi connectivity index (χ2v) is 24.1. The van der Waals surface area contributed by atoms with E-state index >= 15 is 0 Å². The van der Waals surface area contributed by atoms with Crippen LogP contribution in [0.25, 0.3) is 23.3 Å². The van der Waals surface area contributed by atoms with Gasteiger partial charge in [0, 0.05) is 86.0 Å². The molecule has 4 atom stereocenters. The highest BCUT2D eigenvalue weighted by atomic mass is 16.6. The number of aromatic nitrogens is 6.